The summed E-state index contributed by atoms with van der Waals surface area (Å²) in [5, 5.41) is 9.50. The molecular weight excluding hydrogens is 160 g/mol. The van der Waals surface area contributed by atoms with Crippen molar-refractivity contribution in [2.75, 3.05) is 0 Å². The molecule has 13 heavy (non-hydrogen) atoms. The monoisotopic (exact) mass is 178 g/mol. The van der Waals surface area contributed by atoms with E-state index in [2.05, 4.69) is 19.9 Å². The third-order valence-electron chi connectivity index (χ3n) is 4.04. The van der Waals surface area contributed by atoms with Crippen molar-refractivity contribution < 1.29 is 5.11 Å². The highest BCUT2D eigenvalue weighted by Crippen LogP contribution is 2.54. The molecule has 0 aromatic rings. The Morgan fingerprint density at radius 2 is 1.77 bits per heavy atom. The van der Waals surface area contributed by atoms with Crippen LogP contribution in [-0.4, -0.2) is 5.11 Å². The van der Waals surface area contributed by atoms with Gasteiger partial charge in [-0.2, -0.15) is 0 Å². The van der Waals surface area contributed by atoms with Gasteiger partial charge in [0.25, 0.3) is 0 Å². The van der Waals surface area contributed by atoms with E-state index in [0.29, 0.717) is 5.76 Å². The van der Waals surface area contributed by atoms with Crippen molar-refractivity contribution in [3.05, 3.63) is 24.0 Å². The second-order valence-corrected chi connectivity index (χ2v) is 4.94. The molecule has 2 aliphatic rings. The van der Waals surface area contributed by atoms with E-state index >= 15 is 0 Å². The van der Waals surface area contributed by atoms with Crippen LogP contribution in [0.2, 0.25) is 0 Å². The molecule has 1 heteroatoms. The molecule has 0 amide bonds. The zero-order chi connectivity index (χ0) is 9.53. The molecule has 1 fully saturated rings. The van der Waals surface area contributed by atoms with Crippen molar-refractivity contribution in [3.63, 3.8) is 0 Å². The van der Waals surface area contributed by atoms with Crippen LogP contribution in [0.3, 0.4) is 0 Å². The normalized spacial score (nSPS) is 44.0. The third kappa shape index (κ3) is 1.21. The second kappa shape index (κ2) is 2.63. The van der Waals surface area contributed by atoms with E-state index in [0.717, 1.165) is 0 Å². The molecule has 1 N–H and O–H groups in total. The van der Waals surface area contributed by atoms with Gasteiger partial charge in [0.05, 0.1) is 0 Å². The maximum atomic E-state index is 9.50. The number of hydrogen-bond acceptors (Lipinski definition) is 1. The summed E-state index contributed by atoms with van der Waals surface area (Å²) in [6.07, 6.45) is 11.2. The van der Waals surface area contributed by atoms with Gasteiger partial charge in [0, 0.05) is 0 Å². The summed E-state index contributed by atoms with van der Waals surface area (Å²) in [7, 11) is 0. The average Bonchev–Trinajstić information content (AvgIpc) is 2.07. The molecule has 2 atom stereocenters. The Morgan fingerprint density at radius 3 is 2.46 bits per heavy atom. The largest absolute Gasteiger partial charge is 0.508 e. The summed E-state index contributed by atoms with van der Waals surface area (Å²) < 4.78 is 0. The molecule has 0 radical (unpaired) electrons. The number of aliphatic hydroxyl groups is 1. The van der Waals surface area contributed by atoms with E-state index in [9.17, 15) is 5.11 Å². The molecule has 0 saturated heterocycles. The summed E-state index contributed by atoms with van der Waals surface area (Å²) in [6, 6.07) is 0. The predicted octanol–water partition coefficient (Wildman–Crippen LogP) is 3.58. The highest BCUT2D eigenvalue weighted by Gasteiger charge is 2.44. The van der Waals surface area contributed by atoms with E-state index in [4.69, 9.17) is 0 Å². The van der Waals surface area contributed by atoms with Gasteiger partial charge in [0.1, 0.15) is 5.76 Å². The highest BCUT2D eigenvalue weighted by atomic mass is 16.3. The van der Waals surface area contributed by atoms with Crippen molar-refractivity contribution in [2.24, 2.45) is 10.8 Å². The fourth-order valence-electron chi connectivity index (χ4n) is 2.71. The van der Waals surface area contributed by atoms with Gasteiger partial charge in [-0.1, -0.05) is 32.8 Å². The molecule has 1 saturated carbocycles. The maximum Gasteiger partial charge on any atom is 0.111 e. The first-order valence-electron chi connectivity index (χ1n) is 5.17. The zero-order valence-corrected chi connectivity index (χ0v) is 8.51. The molecule has 0 heterocycles. The summed E-state index contributed by atoms with van der Waals surface area (Å²) in [6.45, 7) is 4.58. The Morgan fingerprint density at radius 1 is 1.15 bits per heavy atom. The maximum absolute atomic E-state index is 9.50. The van der Waals surface area contributed by atoms with Crippen LogP contribution >= 0.6 is 0 Å². The van der Waals surface area contributed by atoms with Crippen molar-refractivity contribution in [1.82, 2.24) is 0 Å². The third-order valence-corrected chi connectivity index (χ3v) is 4.04. The van der Waals surface area contributed by atoms with Crippen LogP contribution in [-0.2, 0) is 0 Å². The standard InChI is InChI=1S/C12H18O/c1-11-6-3-4-7-12(11,2)9-10(13)5-8-11/h5,8-9,13H,3-4,6-7H2,1-2H3. The first-order chi connectivity index (χ1) is 6.06. The van der Waals surface area contributed by atoms with Gasteiger partial charge in [-0.3, -0.25) is 0 Å². The van der Waals surface area contributed by atoms with E-state index in [1.807, 2.05) is 12.2 Å². The summed E-state index contributed by atoms with van der Waals surface area (Å²) >= 11 is 0. The predicted molar refractivity (Wildman–Crippen MR) is 54.5 cm³/mol. The molecule has 72 valence electrons. The minimum atomic E-state index is 0.185. The number of fused-ring (bicyclic) bond motifs is 1. The number of hydrogen-bond donors (Lipinski definition) is 1. The quantitative estimate of drug-likeness (QED) is 0.601. The Labute approximate surface area is 80.2 Å². The van der Waals surface area contributed by atoms with E-state index in [1.54, 1.807) is 0 Å². The number of aliphatic hydroxyl groups excluding tert-OH is 1. The molecule has 0 aromatic heterocycles. The Balaban J connectivity index is 2.39. The smallest absolute Gasteiger partial charge is 0.111 e. The Kier molecular flexibility index (Phi) is 1.79. The number of rotatable bonds is 0. The average molecular weight is 178 g/mol. The number of allylic oxidation sites excluding steroid dienone is 3. The molecule has 2 unspecified atom stereocenters. The van der Waals surface area contributed by atoms with E-state index in [1.165, 1.54) is 25.7 Å². The minimum absolute atomic E-state index is 0.185. The van der Waals surface area contributed by atoms with Crippen LogP contribution in [0.25, 0.3) is 0 Å². The van der Waals surface area contributed by atoms with Crippen LogP contribution in [0, 0.1) is 10.8 Å². The van der Waals surface area contributed by atoms with Gasteiger partial charge >= 0.3 is 0 Å². The lowest BCUT2D eigenvalue weighted by Gasteiger charge is -2.48. The fourth-order valence-corrected chi connectivity index (χ4v) is 2.71. The molecule has 2 rings (SSSR count). The van der Waals surface area contributed by atoms with Crippen LogP contribution < -0.4 is 0 Å². The van der Waals surface area contributed by atoms with Gasteiger partial charge in [-0.25, -0.2) is 0 Å². The lowest BCUT2D eigenvalue weighted by atomic mass is 9.56. The second-order valence-electron chi connectivity index (χ2n) is 4.94. The summed E-state index contributed by atoms with van der Waals surface area (Å²) in [4.78, 5) is 0. The molecule has 0 bridgehead atoms. The van der Waals surface area contributed by atoms with Gasteiger partial charge in [-0.05, 0) is 35.8 Å². The van der Waals surface area contributed by atoms with E-state index < -0.39 is 0 Å². The Bertz CT molecular complexity index is 277. The van der Waals surface area contributed by atoms with Crippen molar-refractivity contribution >= 4 is 0 Å². The topological polar surface area (TPSA) is 20.2 Å². The SMILES string of the molecule is CC12C=CC(O)=CC1(C)CCCC2. The van der Waals surface area contributed by atoms with E-state index in [-0.39, 0.29) is 10.8 Å². The van der Waals surface area contributed by atoms with Crippen LogP contribution in [0.15, 0.2) is 24.0 Å². The van der Waals surface area contributed by atoms with Gasteiger partial charge in [-0.15, -0.1) is 0 Å². The van der Waals surface area contributed by atoms with Gasteiger partial charge in [0.2, 0.25) is 0 Å². The van der Waals surface area contributed by atoms with Crippen LogP contribution in [0.5, 0.6) is 0 Å². The highest BCUT2D eigenvalue weighted by molar-refractivity contribution is 5.28. The van der Waals surface area contributed by atoms with Crippen molar-refractivity contribution in [2.45, 2.75) is 39.5 Å². The van der Waals surface area contributed by atoms with Crippen molar-refractivity contribution in [3.8, 4) is 0 Å². The lowest BCUT2D eigenvalue weighted by Crippen LogP contribution is -2.39. The molecule has 2 aliphatic carbocycles. The lowest BCUT2D eigenvalue weighted by molar-refractivity contribution is 0.103. The van der Waals surface area contributed by atoms with Crippen LogP contribution in [0.1, 0.15) is 39.5 Å². The molecule has 0 aliphatic heterocycles. The Hall–Kier alpha value is -0.720. The molecular formula is C12H18O. The van der Waals surface area contributed by atoms with Crippen LogP contribution in [0.4, 0.5) is 0 Å². The first kappa shape index (κ1) is 8.86. The zero-order valence-electron chi connectivity index (χ0n) is 8.51. The summed E-state index contributed by atoms with van der Waals surface area (Å²) in [5.41, 5.74) is 0.460. The summed E-state index contributed by atoms with van der Waals surface area (Å²) in [5.74, 6) is 0.446. The van der Waals surface area contributed by atoms with Gasteiger partial charge < -0.3 is 5.11 Å². The van der Waals surface area contributed by atoms with Crippen molar-refractivity contribution in [1.29, 1.82) is 0 Å². The first-order valence-corrected chi connectivity index (χ1v) is 5.17. The molecule has 0 spiro atoms. The fraction of sp³-hybridized carbons (Fsp3) is 0.667. The molecule has 0 aromatic carbocycles. The van der Waals surface area contributed by atoms with Gasteiger partial charge in [0.15, 0.2) is 0 Å². The molecule has 1 nitrogen and oxygen atoms in total. The minimum Gasteiger partial charge on any atom is -0.508 e.